The van der Waals surface area contributed by atoms with Gasteiger partial charge >= 0.3 is 0 Å². The Bertz CT molecular complexity index is 1000. The number of nitrogens with zero attached hydrogens (tertiary/aromatic N) is 2. The number of non-ortho nitro benzene ring substituents is 1. The molecule has 1 amide bonds. The first-order valence-electron chi connectivity index (χ1n) is 8.13. The van der Waals surface area contributed by atoms with Crippen molar-refractivity contribution in [1.29, 1.82) is 0 Å². The average molecular weight is 387 g/mol. The molecule has 9 heteroatoms. The van der Waals surface area contributed by atoms with Gasteiger partial charge in [-0.3, -0.25) is 14.9 Å². The molecule has 0 spiro atoms. The van der Waals surface area contributed by atoms with Gasteiger partial charge in [-0.05, 0) is 30.7 Å². The molecule has 0 aromatic heterocycles. The van der Waals surface area contributed by atoms with Gasteiger partial charge in [-0.15, -0.1) is 0 Å². The maximum absolute atomic E-state index is 13.0. The van der Waals surface area contributed by atoms with Crippen molar-refractivity contribution in [2.75, 3.05) is 6.54 Å². The molecule has 1 aliphatic rings. The number of benzene rings is 2. The molecule has 27 heavy (non-hydrogen) atoms. The molecule has 2 aromatic rings. The molecule has 0 aliphatic carbocycles. The first kappa shape index (κ1) is 18.7. The number of carbonyl (C=O) groups is 1. The summed E-state index contributed by atoms with van der Waals surface area (Å²) in [6.07, 6.45) is 1.64. The number of carbonyl (C=O) groups excluding carboxylic acids is 1. The fourth-order valence-electron chi connectivity index (χ4n) is 2.75. The maximum Gasteiger partial charge on any atom is 0.269 e. The minimum Gasteiger partial charge on any atom is -0.324 e. The third-order valence-electron chi connectivity index (χ3n) is 4.28. The van der Waals surface area contributed by atoms with Crippen LogP contribution in [-0.2, 0) is 14.8 Å². The van der Waals surface area contributed by atoms with Crippen LogP contribution in [0.25, 0.3) is 5.70 Å². The first-order chi connectivity index (χ1) is 12.8. The van der Waals surface area contributed by atoms with Crippen LogP contribution < -0.4 is 5.32 Å². The Morgan fingerprint density at radius 1 is 1.11 bits per heavy atom. The highest BCUT2D eigenvalue weighted by molar-refractivity contribution is 7.89. The van der Waals surface area contributed by atoms with Gasteiger partial charge in [0, 0.05) is 24.4 Å². The summed E-state index contributed by atoms with van der Waals surface area (Å²) in [6, 6.07) is 12.8. The quantitative estimate of drug-likeness (QED) is 0.638. The van der Waals surface area contributed by atoms with Crippen molar-refractivity contribution in [3.05, 3.63) is 76.4 Å². The van der Waals surface area contributed by atoms with Crippen LogP contribution in [0.4, 0.5) is 5.69 Å². The molecule has 8 nitrogen and oxygen atoms in total. The highest BCUT2D eigenvalue weighted by Crippen LogP contribution is 2.24. The van der Waals surface area contributed by atoms with Crippen molar-refractivity contribution in [1.82, 2.24) is 9.62 Å². The van der Waals surface area contributed by atoms with E-state index in [1.807, 2.05) is 30.3 Å². The van der Waals surface area contributed by atoms with Gasteiger partial charge in [0.2, 0.25) is 15.9 Å². The lowest BCUT2D eigenvalue weighted by Gasteiger charge is -2.24. The minimum atomic E-state index is -4.01. The molecule has 0 saturated heterocycles. The van der Waals surface area contributed by atoms with Gasteiger partial charge in [0.25, 0.3) is 5.69 Å². The number of rotatable bonds is 4. The molecular weight excluding hydrogens is 370 g/mol. The Morgan fingerprint density at radius 3 is 2.33 bits per heavy atom. The zero-order valence-corrected chi connectivity index (χ0v) is 15.2. The van der Waals surface area contributed by atoms with E-state index in [0.29, 0.717) is 5.70 Å². The van der Waals surface area contributed by atoms with Crippen LogP contribution in [0.2, 0.25) is 0 Å². The van der Waals surface area contributed by atoms with Crippen LogP contribution in [0.15, 0.2) is 65.6 Å². The van der Waals surface area contributed by atoms with Gasteiger partial charge in [-0.2, -0.15) is 4.31 Å². The summed E-state index contributed by atoms with van der Waals surface area (Å²) in [7, 11) is -4.01. The fourth-order valence-corrected chi connectivity index (χ4v) is 4.28. The Labute approximate surface area is 156 Å². The topological polar surface area (TPSA) is 110 Å². The SMILES string of the molecule is C[C@H]1C(=O)NC(c2ccccc2)=CCN1S(=O)(=O)c1ccc([N+](=O)[O-])cc1. The first-order valence-corrected chi connectivity index (χ1v) is 9.57. The summed E-state index contributed by atoms with van der Waals surface area (Å²) < 4.78 is 27.0. The monoisotopic (exact) mass is 387 g/mol. The van der Waals surface area contributed by atoms with E-state index in [1.165, 1.54) is 19.1 Å². The molecule has 1 N–H and O–H groups in total. The summed E-state index contributed by atoms with van der Waals surface area (Å²) in [6.45, 7) is 1.49. The lowest BCUT2D eigenvalue weighted by molar-refractivity contribution is -0.384. The Balaban J connectivity index is 1.95. The molecule has 1 heterocycles. The molecule has 1 atom stereocenters. The number of amides is 1. The van der Waals surface area contributed by atoms with Crippen molar-refractivity contribution in [3.8, 4) is 0 Å². The molecule has 0 saturated carbocycles. The summed E-state index contributed by atoms with van der Waals surface area (Å²) in [5.41, 5.74) is 1.10. The van der Waals surface area contributed by atoms with Crippen molar-refractivity contribution in [2.24, 2.45) is 0 Å². The van der Waals surface area contributed by atoms with Crippen LogP contribution in [0.3, 0.4) is 0 Å². The molecule has 0 fully saturated rings. The minimum absolute atomic E-state index is 0.0105. The van der Waals surface area contributed by atoms with E-state index in [2.05, 4.69) is 5.32 Å². The van der Waals surface area contributed by atoms with Crippen molar-refractivity contribution in [2.45, 2.75) is 17.9 Å². The predicted octanol–water partition coefficient (Wildman–Crippen LogP) is 2.14. The fraction of sp³-hybridized carbons (Fsp3) is 0.167. The van der Waals surface area contributed by atoms with Gasteiger partial charge in [-0.25, -0.2) is 8.42 Å². The largest absolute Gasteiger partial charge is 0.324 e. The number of hydrogen-bond acceptors (Lipinski definition) is 5. The van der Waals surface area contributed by atoms with Crippen molar-refractivity contribution >= 4 is 27.3 Å². The summed E-state index contributed by atoms with van der Waals surface area (Å²) >= 11 is 0. The maximum atomic E-state index is 13.0. The van der Waals surface area contributed by atoms with Crippen molar-refractivity contribution < 1.29 is 18.1 Å². The number of sulfonamides is 1. The second-order valence-corrected chi connectivity index (χ2v) is 7.87. The standard InChI is InChI=1S/C18H17N3O5S/c1-13-18(22)19-17(14-5-3-2-4-6-14)11-12-20(13)27(25,26)16-9-7-15(8-10-16)21(23)24/h2-11,13H,12H2,1H3,(H,19,22)/t13-/m0/s1. The molecule has 0 unspecified atom stereocenters. The summed E-state index contributed by atoms with van der Waals surface area (Å²) in [5.74, 6) is -0.451. The normalized spacial score (nSPS) is 18.3. The Morgan fingerprint density at radius 2 is 1.74 bits per heavy atom. The van der Waals surface area contributed by atoms with E-state index in [0.717, 1.165) is 22.0 Å². The van der Waals surface area contributed by atoms with E-state index in [4.69, 9.17) is 0 Å². The van der Waals surface area contributed by atoms with Crippen LogP contribution in [0, 0.1) is 10.1 Å². The molecule has 0 bridgehead atoms. The summed E-state index contributed by atoms with van der Waals surface area (Å²) in [4.78, 5) is 22.5. The zero-order valence-electron chi connectivity index (χ0n) is 14.4. The Hall–Kier alpha value is -3.04. The smallest absolute Gasteiger partial charge is 0.269 e. The lowest BCUT2D eigenvalue weighted by Crippen LogP contribution is -2.45. The molecule has 2 aromatic carbocycles. The van der Waals surface area contributed by atoms with Crippen LogP contribution in [0.1, 0.15) is 12.5 Å². The van der Waals surface area contributed by atoms with Crippen LogP contribution >= 0.6 is 0 Å². The van der Waals surface area contributed by atoms with Gasteiger partial charge in [0.15, 0.2) is 0 Å². The number of nitrogens with one attached hydrogen (secondary N) is 1. The molecular formula is C18H17N3O5S. The van der Waals surface area contributed by atoms with Crippen molar-refractivity contribution in [3.63, 3.8) is 0 Å². The molecule has 1 aliphatic heterocycles. The van der Waals surface area contributed by atoms with Gasteiger partial charge in [0.05, 0.1) is 9.82 Å². The summed E-state index contributed by atoms with van der Waals surface area (Å²) in [5, 5.41) is 13.5. The van der Waals surface area contributed by atoms with Gasteiger partial charge in [-0.1, -0.05) is 30.3 Å². The average Bonchev–Trinajstić information content (AvgIpc) is 2.82. The second-order valence-electron chi connectivity index (χ2n) is 5.97. The van der Waals surface area contributed by atoms with E-state index in [9.17, 15) is 23.3 Å². The van der Waals surface area contributed by atoms with Gasteiger partial charge < -0.3 is 5.32 Å². The highest BCUT2D eigenvalue weighted by atomic mass is 32.2. The van der Waals surface area contributed by atoms with Gasteiger partial charge in [0.1, 0.15) is 6.04 Å². The molecule has 3 rings (SSSR count). The zero-order chi connectivity index (χ0) is 19.6. The van der Waals surface area contributed by atoms with E-state index >= 15 is 0 Å². The van der Waals surface area contributed by atoms with Crippen LogP contribution in [0.5, 0.6) is 0 Å². The molecule has 140 valence electrons. The second kappa shape index (κ2) is 7.29. The van der Waals surface area contributed by atoms with E-state index in [-0.39, 0.29) is 17.1 Å². The van der Waals surface area contributed by atoms with E-state index < -0.39 is 26.9 Å². The number of hydrogen-bond donors (Lipinski definition) is 1. The third-order valence-corrected chi connectivity index (χ3v) is 6.23. The number of nitro groups is 1. The number of nitro benzene ring substituents is 1. The van der Waals surface area contributed by atoms with Crippen LogP contribution in [-0.4, -0.2) is 36.1 Å². The highest BCUT2D eigenvalue weighted by Gasteiger charge is 2.34. The lowest BCUT2D eigenvalue weighted by atomic mass is 10.1. The van der Waals surface area contributed by atoms with E-state index in [1.54, 1.807) is 6.08 Å². The third kappa shape index (κ3) is 3.74. The molecule has 0 radical (unpaired) electrons. The predicted molar refractivity (Wildman–Crippen MR) is 99.0 cm³/mol. The Kier molecular flexibility index (Phi) is 5.06.